The van der Waals surface area contributed by atoms with Crippen molar-refractivity contribution in [1.29, 1.82) is 0 Å². The highest BCUT2D eigenvalue weighted by atomic mass is 35.5. The number of rotatable bonds is 5. The minimum Gasteiger partial charge on any atom is -0.446 e. The van der Waals surface area contributed by atoms with Crippen molar-refractivity contribution in [3.05, 3.63) is 41.4 Å². The van der Waals surface area contributed by atoms with Crippen molar-refractivity contribution in [3.8, 4) is 0 Å². The first-order valence-corrected chi connectivity index (χ1v) is 7.25. The van der Waals surface area contributed by atoms with E-state index < -0.39 is 10.0 Å². The van der Waals surface area contributed by atoms with Gasteiger partial charge in [0.05, 0.1) is 12.2 Å². The fraction of sp³-hybridized carbons (Fsp3) is 0.182. The van der Waals surface area contributed by atoms with Crippen LogP contribution in [-0.4, -0.2) is 20.4 Å². The highest BCUT2D eigenvalue weighted by Crippen LogP contribution is 2.19. The summed E-state index contributed by atoms with van der Waals surface area (Å²) < 4.78 is 30.4. The van der Waals surface area contributed by atoms with Gasteiger partial charge in [0.25, 0.3) is 10.0 Å². The van der Waals surface area contributed by atoms with Crippen LogP contribution < -0.4 is 10.0 Å². The Morgan fingerprint density at radius 3 is 2.84 bits per heavy atom. The minimum atomic E-state index is -3.55. The molecule has 0 aliphatic carbocycles. The van der Waals surface area contributed by atoms with E-state index in [0.29, 0.717) is 23.1 Å². The number of aromatic nitrogens is 1. The third-order valence-corrected chi connectivity index (χ3v) is 3.97. The standard InChI is InChI=1S/C11H12ClN3O3S/c1-13-19(16,17)10-5-4-8(18-10)7-15-9-3-2-6-14-11(9)12/h2-6,13,15H,7H2,1H3. The summed E-state index contributed by atoms with van der Waals surface area (Å²) in [5.41, 5.74) is 0.651. The van der Waals surface area contributed by atoms with Crippen LogP contribution in [0.15, 0.2) is 40.0 Å². The zero-order valence-electron chi connectivity index (χ0n) is 10.1. The summed E-state index contributed by atoms with van der Waals surface area (Å²) in [6.45, 7) is 0.310. The van der Waals surface area contributed by atoms with Crippen LogP contribution in [-0.2, 0) is 16.6 Å². The van der Waals surface area contributed by atoms with Gasteiger partial charge in [-0.25, -0.2) is 18.1 Å². The molecule has 0 fully saturated rings. The number of nitrogens with zero attached hydrogens (tertiary/aromatic N) is 1. The van der Waals surface area contributed by atoms with E-state index in [9.17, 15) is 8.42 Å². The molecule has 6 nitrogen and oxygen atoms in total. The summed E-state index contributed by atoms with van der Waals surface area (Å²) in [5.74, 6) is 0.480. The molecule has 0 atom stereocenters. The third-order valence-electron chi connectivity index (χ3n) is 2.38. The maximum absolute atomic E-state index is 11.5. The van der Waals surface area contributed by atoms with Gasteiger partial charge in [-0.3, -0.25) is 0 Å². The third kappa shape index (κ3) is 3.25. The van der Waals surface area contributed by atoms with Gasteiger partial charge in [-0.15, -0.1) is 0 Å². The monoisotopic (exact) mass is 301 g/mol. The lowest BCUT2D eigenvalue weighted by Gasteiger charge is -2.05. The smallest absolute Gasteiger partial charge is 0.273 e. The van der Waals surface area contributed by atoms with E-state index in [2.05, 4.69) is 15.0 Å². The van der Waals surface area contributed by atoms with Gasteiger partial charge in [-0.1, -0.05) is 11.6 Å². The van der Waals surface area contributed by atoms with Crippen LogP contribution in [0.3, 0.4) is 0 Å². The van der Waals surface area contributed by atoms with Gasteiger partial charge in [-0.2, -0.15) is 0 Å². The Balaban J connectivity index is 2.08. The molecule has 0 aliphatic heterocycles. The van der Waals surface area contributed by atoms with Gasteiger partial charge in [0.2, 0.25) is 5.09 Å². The predicted molar refractivity (Wildman–Crippen MR) is 71.5 cm³/mol. The molecule has 19 heavy (non-hydrogen) atoms. The average molecular weight is 302 g/mol. The molecule has 0 radical (unpaired) electrons. The quantitative estimate of drug-likeness (QED) is 0.823. The molecule has 8 heteroatoms. The van der Waals surface area contributed by atoms with E-state index in [-0.39, 0.29) is 5.09 Å². The molecular formula is C11H12ClN3O3S. The fourth-order valence-electron chi connectivity index (χ4n) is 1.40. The second kappa shape index (κ2) is 5.60. The van der Waals surface area contributed by atoms with Crippen molar-refractivity contribution < 1.29 is 12.8 Å². The minimum absolute atomic E-state index is 0.121. The summed E-state index contributed by atoms with van der Waals surface area (Å²) >= 11 is 5.88. The summed E-state index contributed by atoms with van der Waals surface area (Å²) in [6, 6.07) is 6.49. The number of nitrogens with one attached hydrogen (secondary N) is 2. The van der Waals surface area contributed by atoms with Gasteiger partial charge < -0.3 is 9.73 Å². The number of hydrogen-bond acceptors (Lipinski definition) is 5. The largest absolute Gasteiger partial charge is 0.446 e. The lowest BCUT2D eigenvalue weighted by Crippen LogP contribution is -2.17. The fourth-order valence-corrected chi connectivity index (χ4v) is 2.25. The zero-order valence-corrected chi connectivity index (χ0v) is 11.6. The molecule has 0 unspecified atom stereocenters. The summed E-state index contributed by atoms with van der Waals surface area (Å²) in [6.07, 6.45) is 1.58. The number of furan rings is 1. The Morgan fingerprint density at radius 2 is 2.16 bits per heavy atom. The number of hydrogen-bond donors (Lipinski definition) is 2. The molecule has 0 aliphatic rings. The van der Waals surface area contributed by atoms with Gasteiger partial charge in [0.15, 0.2) is 5.15 Å². The van der Waals surface area contributed by atoms with E-state index >= 15 is 0 Å². The lowest BCUT2D eigenvalue weighted by molar-refractivity contribution is 0.417. The average Bonchev–Trinajstić information content (AvgIpc) is 2.87. The first-order valence-electron chi connectivity index (χ1n) is 5.39. The van der Waals surface area contributed by atoms with Crippen LogP contribution in [0.4, 0.5) is 5.69 Å². The maximum atomic E-state index is 11.5. The molecule has 2 N–H and O–H groups in total. The van der Waals surface area contributed by atoms with E-state index in [1.165, 1.54) is 13.1 Å². The molecular weight excluding hydrogens is 290 g/mol. The van der Waals surface area contributed by atoms with Crippen LogP contribution in [0.25, 0.3) is 0 Å². The van der Waals surface area contributed by atoms with Gasteiger partial charge in [0.1, 0.15) is 5.76 Å². The van der Waals surface area contributed by atoms with Crippen LogP contribution in [0.1, 0.15) is 5.76 Å². The Kier molecular flexibility index (Phi) is 4.08. The first-order chi connectivity index (χ1) is 9.03. The molecule has 0 bridgehead atoms. The number of halogens is 1. The van der Waals surface area contributed by atoms with Crippen molar-refractivity contribution >= 4 is 27.3 Å². The molecule has 2 rings (SSSR count). The van der Waals surface area contributed by atoms with Gasteiger partial charge in [-0.05, 0) is 31.3 Å². The van der Waals surface area contributed by atoms with E-state index in [1.807, 2.05) is 0 Å². The Morgan fingerprint density at radius 1 is 1.37 bits per heavy atom. The molecule has 2 heterocycles. The van der Waals surface area contributed by atoms with Crippen molar-refractivity contribution in [3.63, 3.8) is 0 Å². The Labute approximate surface area is 115 Å². The maximum Gasteiger partial charge on any atom is 0.273 e. The second-order valence-electron chi connectivity index (χ2n) is 3.62. The Bertz CT molecular complexity index is 669. The van der Waals surface area contributed by atoms with Crippen LogP contribution in [0, 0.1) is 0 Å². The van der Waals surface area contributed by atoms with Crippen LogP contribution in [0.2, 0.25) is 5.15 Å². The molecule has 0 amide bonds. The lowest BCUT2D eigenvalue weighted by atomic mass is 10.4. The number of anilines is 1. The number of pyridine rings is 1. The first kappa shape index (κ1) is 13.9. The van der Waals surface area contributed by atoms with E-state index in [0.717, 1.165) is 0 Å². The SMILES string of the molecule is CNS(=O)(=O)c1ccc(CNc2cccnc2Cl)o1. The molecule has 0 saturated heterocycles. The normalized spacial score (nSPS) is 11.5. The van der Waals surface area contributed by atoms with Crippen molar-refractivity contribution in [2.45, 2.75) is 11.6 Å². The highest BCUT2D eigenvalue weighted by Gasteiger charge is 2.16. The van der Waals surface area contributed by atoms with Crippen molar-refractivity contribution in [2.75, 3.05) is 12.4 Å². The highest BCUT2D eigenvalue weighted by molar-refractivity contribution is 7.89. The molecule has 102 valence electrons. The summed E-state index contributed by atoms with van der Waals surface area (Å²) in [4.78, 5) is 3.92. The number of sulfonamides is 1. The molecule has 2 aromatic heterocycles. The predicted octanol–water partition coefficient (Wildman–Crippen LogP) is 1.85. The van der Waals surface area contributed by atoms with Crippen LogP contribution >= 0.6 is 11.6 Å². The van der Waals surface area contributed by atoms with Crippen LogP contribution in [0.5, 0.6) is 0 Å². The molecule has 0 aromatic carbocycles. The van der Waals surface area contributed by atoms with Gasteiger partial charge >= 0.3 is 0 Å². The summed E-state index contributed by atoms with van der Waals surface area (Å²) in [7, 11) is -2.23. The van der Waals surface area contributed by atoms with Gasteiger partial charge in [0, 0.05) is 6.20 Å². The molecule has 0 spiro atoms. The molecule has 2 aromatic rings. The van der Waals surface area contributed by atoms with Crippen molar-refractivity contribution in [2.24, 2.45) is 0 Å². The summed E-state index contributed by atoms with van der Waals surface area (Å²) in [5, 5.41) is 3.23. The Hall–Kier alpha value is -1.57. The molecule has 0 saturated carbocycles. The van der Waals surface area contributed by atoms with Crippen molar-refractivity contribution in [1.82, 2.24) is 9.71 Å². The van der Waals surface area contributed by atoms with E-state index in [1.54, 1.807) is 24.4 Å². The second-order valence-corrected chi connectivity index (χ2v) is 5.80. The topological polar surface area (TPSA) is 84.2 Å². The zero-order chi connectivity index (χ0) is 13.9. The van der Waals surface area contributed by atoms with E-state index in [4.69, 9.17) is 16.0 Å².